The summed E-state index contributed by atoms with van der Waals surface area (Å²) < 4.78 is 27.1. The second-order valence-corrected chi connectivity index (χ2v) is 25.2. The van der Waals surface area contributed by atoms with E-state index in [9.17, 15) is 35.0 Å². The number of hydrogen-bond acceptors (Lipinski definition) is 9. The molecule has 9 nitrogen and oxygen atoms in total. The van der Waals surface area contributed by atoms with Crippen LogP contribution in [0.15, 0.2) is 66.7 Å². The lowest BCUT2D eigenvalue weighted by Crippen LogP contribution is -2.15. The summed E-state index contributed by atoms with van der Waals surface area (Å²) in [4.78, 5) is 0. The number of phenolic OH excluding ortho intramolecular Hbond substituents is 7. The number of hydrogen-bond donors (Lipinski definition) is 7. The summed E-state index contributed by atoms with van der Waals surface area (Å²) in [6.07, 6.45) is 5.03. The van der Waals surface area contributed by atoms with Crippen LogP contribution in [-0.4, -0.2) is 50.0 Å². The van der Waals surface area contributed by atoms with Crippen LogP contribution in [0.5, 0.6) is 51.7 Å². The topological polar surface area (TPSA) is 160 Å². The summed E-state index contributed by atoms with van der Waals surface area (Å²) in [5.74, 6) is -0.320. The molecule has 0 aliphatic rings. The molecule has 5 aromatic carbocycles. The molecule has 0 spiro atoms. The molecule has 0 radical (unpaired) electrons. The third kappa shape index (κ3) is 18.8. The van der Waals surface area contributed by atoms with Gasteiger partial charge in [0.2, 0.25) is 0 Å². The van der Waals surface area contributed by atoms with E-state index in [4.69, 9.17) is 14.6 Å². The van der Waals surface area contributed by atoms with Crippen molar-refractivity contribution >= 4 is 90.4 Å². The molecule has 0 aliphatic carbocycles. The van der Waals surface area contributed by atoms with Gasteiger partial charge in [-0.05, 0) is 238 Å². The van der Waals surface area contributed by atoms with Crippen molar-refractivity contribution in [2.24, 2.45) is 0 Å². The maximum Gasteiger partial charge on any atom is 0.200 e. The summed E-state index contributed by atoms with van der Waals surface area (Å²) in [6.45, 7) is 31.9. The molecule has 0 saturated heterocycles. The molecule has 7 N–H and O–H groups in total. The lowest BCUT2D eigenvalue weighted by molar-refractivity contribution is 0.353. The van der Waals surface area contributed by atoms with Crippen molar-refractivity contribution < 1.29 is 49.6 Å². The third-order valence-corrected chi connectivity index (χ3v) is 17.2. The van der Waals surface area contributed by atoms with E-state index in [2.05, 4.69) is 171 Å². The van der Waals surface area contributed by atoms with Gasteiger partial charge in [0.1, 0.15) is 11.5 Å². The van der Waals surface area contributed by atoms with Gasteiger partial charge in [0, 0.05) is 0 Å². The van der Waals surface area contributed by atoms with Gasteiger partial charge in [0.15, 0.2) is 46.1 Å². The number of aromatic hydroxyl groups is 7. The van der Waals surface area contributed by atoms with E-state index in [0.29, 0.717) is 17.2 Å². The van der Waals surface area contributed by atoms with Crippen molar-refractivity contribution in [2.75, 3.05) is 14.2 Å². The molecule has 0 saturated carbocycles. The highest BCUT2D eigenvalue weighted by Gasteiger charge is 2.25. The molecule has 0 bridgehead atoms. The largest absolute Gasteiger partial charge is 0.507 e. The average molecular weight is 1430 g/mol. The molecule has 5 rings (SSSR count). The molecule has 14 heteroatoms. The van der Waals surface area contributed by atoms with Crippen LogP contribution in [0.4, 0.5) is 4.39 Å². The maximum atomic E-state index is 13.4. The van der Waals surface area contributed by atoms with E-state index < -0.39 is 17.3 Å². The van der Waals surface area contributed by atoms with Gasteiger partial charge in [-0.15, -0.1) is 0 Å². The first-order chi connectivity index (χ1) is 32.6. The first-order valence-electron chi connectivity index (χ1n) is 23.6. The second kappa shape index (κ2) is 28.2. The Morgan fingerprint density at radius 2 is 0.662 bits per heavy atom. The molecule has 0 aromatic heterocycles. The highest BCUT2D eigenvalue weighted by atomic mass is 127. The monoisotopic (exact) mass is 1430 g/mol. The number of methoxy groups -OCH3 is 2. The van der Waals surface area contributed by atoms with Gasteiger partial charge in [-0.25, -0.2) is 4.39 Å². The smallest absolute Gasteiger partial charge is 0.200 e. The number of benzene rings is 5. The zero-order valence-corrected chi connectivity index (χ0v) is 53.4. The van der Waals surface area contributed by atoms with E-state index in [1.165, 1.54) is 42.0 Å². The Morgan fingerprint density at radius 1 is 0.366 bits per heavy atom. The molecule has 396 valence electrons. The van der Waals surface area contributed by atoms with Gasteiger partial charge in [0.25, 0.3) is 0 Å². The van der Waals surface area contributed by atoms with Crippen molar-refractivity contribution in [3.8, 4) is 51.7 Å². The summed E-state index contributed by atoms with van der Waals surface area (Å²) in [7, 11) is 2.99. The minimum absolute atomic E-state index is 0.112. The predicted octanol–water partition coefficient (Wildman–Crippen LogP) is 17.4. The summed E-state index contributed by atoms with van der Waals surface area (Å²) >= 11 is 8.64. The van der Waals surface area contributed by atoms with Crippen molar-refractivity contribution in [3.05, 3.63) is 115 Å². The Morgan fingerprint density at radius 3 is 1.01 bits per heavy atom. The molecule has 0 aliphatic heterocycles. The van der Waals surface area contributed by atoms with Gasteiger partial charge in [0.05, 0.1) is 28.5 Å². The standard InChI is InChI=1S/C12H17FO2.C12H17IO2.C11H14I2O.C11H15IO.C11H16O3/c2*1-5-12(2,3)8-6-9(13)11(14)10(7-8)15-4;1-4-11(2,3)7-5-8(12)10(14)9(13)6-7;1-4-11(2,3)8-5-6-10(13)9(12)7-8;1-4-11(2,3)7-5-8(12)10(14)9(13)6-7/h2*6-7,14H,5H2,1-4H3;5-6,14H,4H2,1-3H3;5-7,13H,4H2,1-3H3;5-6,12-14H,4H2,1-3H3. The first-order valence-corrected chi connectivity index (χ1v) is 28.0. The Balaban J connectivity index is 0.000000444. The molecular weight excluding hydrogens is 1360 g/mol. The van der Waals surface area contributed by atoms with E-state index >= 15 is 0 Å². The maximum absolute atomic E-state index is 13.4. The van der Waals surface area contributed by atoms with Crippen LogP contribution in [0, 0.1) is 20.1 Å². The molecule has 71 heavy (non-hydrogen) atoms. The minimum atomic E-state index is -0.633. The fourth-order valence-electron chi connectivity index (χ4n) is 6.14. The van der Waals surface area contributed by atoms with Crippen molar-refractivity contribution in [2.45, 2.75) is 163 Å². The highest BCUT2D eigenvalue weighted by molar-refractivity contribution is 14.1. The van der Waals surface area contributed by atoms with Crippen LogP contribution in [0.3, 0.4) is 0 Å². The fourth-order valence-corrected chi connectivity index (χ4v) is 9.02. The van der Waals surface area contributed by atoms with Gasteiger partial charge in [-0.1, -0.05) is 110 Å². The number of rotatable bonds is 12. The summed E-state index contributed by atoms with van der Waals surface area (Å²) in [5.41, 5.74) is 5.69. The van der Waals surface area contributed by atoms with Crippen LogP contribution >= 0.6 is 90.4 Å². The van der Waals surface area contributed by atoms with Gasteiger partial charge in [-0.3, -0.25) is 0 Å². The second-order valence-electron chi connectivity index (χ2n) is 20.5. The Labute approximate surface area is 479 Å². The number of halogens is 5. The highest BCUT2D eigenvalue weighted by Crippen LogP contribution is 2.41. The molecule has 0 heterocycles. The van der Waals surface area contributed by atoms with E-state index in [1.54, 1.807) is 19.2 Å². The first kappa shape index (κ1) is 66.2. The molecule has 0 amide bonds. The zero-order valence-electron chi connectivity index (χ0n) is 44.7. The normalized spacial score (nSPS) is 11.6. The number of ether oxygens (including phenoxy) is 2. The van der Waals surface area contributed by atoms with E-state index in [1.807, 2.05) is 59.7 Å². The van der Waals surface area contributed by atoms with Crippen LogP contribution in [-0.2, 0) is 27.1 Å². The Hall–Kier alpha value is -2.85. The average Bonchev–Trinajstić information content (AvgIpc) is 3.32. The van der Waals surface area contributed by atoms with Crippen LogP contribution in [0.2, 0.25) is 0 Å². The fraction of sp³-hybridized carbons (Fsp3) is 0.474. The quantitative estimate of drug-likeness (QED) is 0.0477. The number of phenols is 7. The summed E-state index contributed by atoms with van der Waals surface area (Å²) in [5, 5.41) is 65.9. The van der Waals surface area contributed by atoms with Crippen molar-refractivity contribution in [3.63, 3.8) is 0 Å². The Kier molecular flexibility index (Phi) is 26.2. The van der Waals surface area contributed by atoms with Gasteiger partial charge >= 0.3 is 0 Å². The predicted molar refractivity (Wildman–Crippen MR) is 324 cm³/mol. The van der Waals surface area contributed by atoms with Crippen molar-refractivity contribution in [1.82, 2.24) is 0 Å². The van der Waals surface area contributed by atoms with E-state index in [0.717, 1.165) is 57.5 Å². The lowest BCUT2D eigenvalue weighted by atomic mass is 9.82. The Bertz CT molecular complexity index is 2330. The third-order valence-electron chi connectivity index (χ3n) is 13.9. The molecule has 5 aromatic rings. The van der Waals surface area contributed by atoms with Crippen molar-refractivity contribution in [1.29, 1.82) is 0 Å². The molecule has 0 atom stereocenters. The SMILES string of the molecule is CCC(C)(C)c1cc(F)c(O)c(OC)c1.CCC(C)(C)c1cc(I)c(O)c(I)c1.CCC(C)(C)c1cc(I)c(O)c(OC)c1.CCC(C)(C)c1cc(O)c(O)c(O)c1.CCC(C)(C)c1ccc(O)c(I)c1. The summed E-state index contributed by atoms with van der Waals surface area (Å²) in [6, 6.07) is 19.9. The van der Waals surface area contributed by atoms with E-state index in [-0.39, 0.29) is 50.1 Å². The zero-order chi connectivity index (χ0) is 55.2. The minimum Gasteiger partial charge on any atom is -0.507 e. The van der Waals surface area contributed by atoms with Crippen LogP contribution < -0.4 is 9.47 Å². The van der Waals surface area contributed by atoms with Gasteiger partial charge < -0.3 is 45.2 Å². The molecular formula is C57H79FI4O9. The molecule has 0 fully saturated rings. The molecule has 0 unspecified atom stereocenters. The van der Waals surface area contributed by atoms with Gasteiger partial charge in [-0.2, -0.15) is 0 Å². The lowest BCUT2D eigenvalue weighted by Gasteiger charge is -2.24. The van der Waals surface area contributed by atoms with Crippen LogP contribution in [0.1, 0.15) is 164 Å². The van der Waals surface area contributed by atoms with Crippen LogP contribution in [0.25, 0.3) is 0 Å².